The molecule has 0 spiro atoms. The van der Waals surface area contributed by atoms with E-state index in [-0.39, 0.29) is 17.7 Å². The summed E-state index contributed by atoms with van der Waals surface area (Å²) in [5, 5.41) is 13.5. The van der Waals surface area contributed by atoms with Gasteiger partial charge in [-0.15, -0.1) is 11.3 Å². The summed E-state index contributed by atoms with van der Waals surface area (Å²) in [5.41, 5.74) is 0.714. The van der Waals surface area contributed by atoms with Gasteiger partial charge in [-0.25, -0.2) is 4.98 Å². The number of nitrogens with zero attached hydrogens (tertiary/aromatic N) is 2. The molecular formula is C17H19N3O2S. The zero-order valence-electron chi connectivity index (χ0n) is 12.7. The minimum Gasteiger partial charge on any atom is -0.507 e. The van der Waals surface area contributed by atoms with Crippen LogP contribution in [-0.2, 0) is 0 Å². The Bertz CT molecular complexity index is 718. The predicted molar refractivity (Wildman–Crippen MR) is 89.6 cm³/mol. The number of phenolic OH excluding ortho intramolecular Hbond substituents is 1. The standard InChI is InChI=1S/C17H19N3O2S/c21-14-4-2-1-3-13(14)15-8-18-17(23-15)16(22)19-12-7-11-5-6-20(9-11)10-12/h1-4,8,11-12,21H,5-7,9-10H2,(H,19,22). The SMILES string of the molecule is O=C(NC1CC2CCN(C2)C1)c1ncc(-c2ccccc2O)s1. The van der Waals surface area contributed by atoms with Crippen LogP contribution < -0.4 is 5.32 Å². The van der Waals surface area contributed by atoms with Crippen LogP contribution in [0.15, 0.2) is 30.5 Å². The first-order chi connectivity index (χ1) is 11.2. The number of aromatic hydroxyl groups is 1. The Balaban J connectivity index is 1.46. The molecule has 3 unspecified atom stereocenters. The molecule has 1 aromatic carbocycles. The van der Waals surface area contributed by atoms with Gasteiger partial charge in [0.05, 0.1) is 4.88 Å². The second-order valence-electron chi connectivity index (χ2n) is 6.37. The number of fused-ring (bicyclic) bond motifs is 2. The molecule has 23 heavy (non-hydrogen) atoms. The van der Waals surface area contributed by atoms with Gasteiger partial charge in [0, 0.05) is 30.9 Å². The Hall–Kier alpha value is -1.92. The number of aromatic nitrogens is 1. The summed E-state index contributed by atoms with van der Waals surface area (Å²) < 4.78 is 0. The maximum atomic E-state index is 12.4. The predicted octanol–water partition coefficient (Wildman–Crippen LogP) is 2.34. The molecule has 3 atom stereocenters. The summed E-state index contributed by atoms with van der Waals surface area (Å²) in [5.74, 6) is 0.825. The quantitative estimate of drug-likeness (QED) is 0.907. The highest BCUT2D eigenvalue weighted by Crippen LogP contribution is 2.33. The Morgan fingerprint density at radius 2 is 2.22 bits per heavy atom. The molecular weight excluding hydrogens is 310 g/mol. The fourth-order valence-corrected chi connectivity index (χ4v) is 4.45. The van der Waals surface area contributed by atoms with E-state index in [1.807, 2.05) is 12.1 Å². The van der Waals surface area contributed by atoms with Crippen molar-refractivity contribution in [1.82, 2.24) is 15.2 Å². The van der Waals surface area contributed by atoms with Crippen LogP contribution in [0, 0.1) is 5.92 Å². The number of piperidine rings is 1. The largest absolute Gasteiger partial charge is 0.507 e. The molecule has 2 N–H and O–H groups in total. The van der Waals surface area contributed by atoms with Crippen molar-refractivity contribution in [3.8, 4) is 16.2 Å². The van der Waals surface area contributed by atoms with Crippen molar-refractivity contribution in [2.24, 2.45) is 5.92 Å². The van der Waals surface area contributed by atoms with E-state index in [0.717, 1.165) is 30.3 Å². The van der Waals surface area contributed by atoms with Crippen molar-refractivity contribution in [1.29, 1.82) is 0 Å². The number of para-hydroxylation sites is 1. The molecule has 120 valence electrons. The second kappa shape index (κ2) is 5.94. The second-order valence-corrected chi connectivity index (χ2v) is 7.40. The molecule has 3 heterocycles. The first-order valence-corrected chi connectivity index (χ1v) is 8.78. The summed E-state index contributed by atoms with van der Waals surface area (Å²) in [4.78, 5) is 19.9. The summed E-state index contributed by atoms with van der Waals surface area (Å²) >= 11 is 1.32. The van der Waals surface area contributed by atoms with Crippen molar-refractivity contribution in [2.45, 2.75) is 18.9 Å². The van der Waals surface area contributed by atoms with Gasteiger partial charge < -0.3 is 15.3 Å². The number of phenols is 1. The number of benzene rings is 1. The van der Waals surface area contributed by atoms with E-state index in [9.17, 15) is 9.90 Å². The number of carbonyl (C=O) groups is 1. The topological polar surface area (TPSA) is 65.5 Å². The van der Waals surface area contributed by atoms with Crippen LogP contribution in [-0.4, -0.2) is 46.6 Å². The van der Waals surface area contributed by atoms with Gasteiger partial charge in [0.15, 0.2) is 5.01 Å². The van der Waals surface area contributed by atoms with Gasteiger partial charge in [0.25, 0.3) is 5.91 Å². The zero-order chi connectivity index (χ0) is 15.8. The molecule has 6 heteroatoms. The van der Waals surface area contributed by atoms with Crippen LogP contribution in [0.1, 0.15) is 22.6 Å². The lowest BCUT2D eigenvalue weighted by Gasteiger charge is -2.30. The third-order valence-electron chi connectivity index (χ3n) is 4.67. The molecule has 1 amide bonds. The van der Waals surface area contributed by atoms with Crippen LogP contribution in [0.3, 0.4) is 0 Å². The third-order valence-corrected chi connectivity index (χ3v) is 5.70. The highest BCUT2D eigenvalue weighted by atomic mass is 32.1. The molecule has 2 aliphatic heterocycles. The molecule has 5 nitrogen and oxygen atoms in total. The summed E-state index contributed by atoms with van der Waals surface area (Å²) in [6.45, 7) is 3.28. The fourth-order valence-electron chi connectivity index (χ4n) is 3.60. The minimum atomic E-state index is -0.107. The van der Waals surface area contributed by atoms with Crippen LogP contribution >= 0.6 is 11.3 Å². The van der Waals surface area contributed by atoms with Gasteiger partial charge in [-0.1, -0.05) is 12.1 Å². The molecule has 2 aliphatic rings. The first-order valence-electron chi connectivity index (χ1n) is 7.96. The minimum absolute atomic E-state index is 0.107. The molecule has 0 saturated carbocycles. The molecule has 4 rings (SSSR count). The number of nitrogens with one attached hydrogen (secondary N) is 1. The van der Waals surface area contributed by atoms with E-state index in [2.05, 4.69) is 15.2 Å². The Labute approximate surface area is 139 Å². The third kappa shape index (κ3) is 2.96. The molecule has 0 aliphatic carbocycles. The van der Waals surface area contributed by atoms with E-state index in [4.69, 9.17) is 0 Å². The highest BCUT2D eigenvalue weighted by Gasteiger charge is 2.33. The lowest BCUT2D eigenvalue weighted by atomic mass is 9.97. The molecule has 2 saturated heterocycles. The summed E-state index contributed by atoms with van der Waals surface area (Å²) in [7, 11) is 0. The van der Waals surface area contributed by atoms with Crippen LogP contribution in [0.25, 0.3) is 10.4 Å². The normalized spacial score (nSPS) is 26.2. The van der Waals surface area contributed by atoms with Crippen LogP contribution in [0.2, 0.25) is 0 Å². The Morgan fingerprint density at radius 3 is 3.04 bits per heavy atom. The number of carbonyl (C=O) groups excluding carboxylic acids is 1. The smallest absolute Gasteiger partial charge is 0.280 e. The van der Waals surface area contributed by atoms with Crippen LogP contribution in [0.4, 0.5) is 0 Å². The average molecular weight is 329 g/mol. The van der Waals surface area contributed by atoms with E-state index in [1.54, 1.807) is 18.3 Å². The van der Waals surface area contributed by atoms with Gasteiger partial charge in [0.2, 0.25) is 0 Å². The highest BCUT2D eigenvalue weighted by molar-refractivity contribution is 7.17. The number of rotatable bonds is 3. The van der Waals surface area contributed by atoms with Gasteiger partial charge in [-0.3, -0.25) is 4.79 Å². The van der Waals surface area contributed by atoms with Crippen LogP contribution in [0.5, 0.6) is 5.75 Å². The molecule has 2 aromatic rings. The Kier molecular flexibility index (Phi) is 3.79. The van der Waals surface area contributed by atoms with Gasteiger partial charge >= 0.3 is 0 Å². The van der Waals surface area contributed by atoms with E-state index in [1.165, 1.54) is 24.3 Å². The number of hydrogen-bond donors (Lipinski definition) is 2. The summed E-state index contributed by atoms with van der Waals surface area (Å²) in [6, 6.07) is 7.33. The average Bonchev–Trinajstić information content (AvgIpc) is 3.15. The fraction of sp³-hybridized carbons (Fsp3) is 0.412. The van der Waals surface area contributed by atoms with Crippen molar-refractivity contribution in [2.75, 3.05) is 19.6 Å². The van der Waals surface area contributed by atoms with Gasteiger partial charge in [0.1, 0.15) is 5.75 Å². The van der Waals surface area contributed by atoms with Crippen molar-refractivity contribution < 1.29 is 9.90 Å². The molecule has 1 aromatic heterocycles. The lowest BCUT2D eigenvalue weighted by Crippen LogP contribution is -2.46. The molecule has 0 radical (unpaired) electrons. The first kappa shape index (κ1) is 14.7. The van der Waals surface area contributed by atoms with Crippen molar-refractivity contribution >= 4 is 17.2 Å². The maximum Gasteiger partial charge on any atom is 0.280 e. The zero-order valence-corrected chi connectivity index (χ0v) is 13.6. The lowest BCUT2D eigenvalue weighted by molar-refractivity contribution is 0.0909. The van der Waals surface area contributed by atoms with E-state index in [0.29, 0.717) is 10.6 Å². The van der Waals surface area contributed by atoms with Gasteiger partial charge in [-0.05, 0) is 37.4 Å². The molecule has 2 bridgehead atoms. The molecule has 2 fully saturated rings. The van der Waals surface area contributed by atoms with Gasteiger partial charge in [-0.2, -0.15) is 0 Å². The number of thiazole rings is 1. The summed E-state index contributed by atoms with van der Waals surface area (Å²) in [6.07, 6.45) is 3.98. The van der Waals surface area contributed by atoms with E-state index < -0.39 is 0 Å². The number of hydrogen-bond acceptors (Lipinski definition) is 5. The Morgan fingerprint density at radius 1 is 1.35 bits per heavy atom. The van der Waals surface area contributed by atoms with E-state index >= 15 is 0 Å². The monoisotopic (exact) mass is 329 g/mol. The number of amides is 1. The van der Waals surface area contributed by atoms with Crippen molar-refractivity contribution in [3.05, 3.63) is 35.5 Å². The van der Waals surface area contributed by atoms with Crippen molar-refractivity contribution in [3.63, 3.8) is 0 Å². The maximum absolute atomic E-state index is 12.4.